The monoisotopic (exact) mass is 466 g/mol. The topological polar surface area (TPSA) is 97.9 Å². The summed E-state index contributed by atoms with van der Waals surface area (Å²) in [6.07, 6.45) is 2.18. The number of ether oxygens (including phenoxy) is 1. The smallest absolute Gasteiger partial charge is 0.347 e. The molecule has 5 rings (SSSR count). The first kappa shape index (κ1) is 21.7. The van der Waals surface area contributed by atoms with Gasteiger partial charge in [-0.3, -0.25) is 15.3 Å². The summed E-state index contributed by atoms with van der Waals surface area (Å²) < 4.78 is 6.82. The summed E-state index contributed by atoms with van der Waals surface area (Å²) >= 11 is 1.43. The molecule has 0 bridgehead atoms. The normalized spacial score (nSPS) is 16.3. The Kier molecular flexibility index (Phi) is 5.90. The molecule has 33 heavy (non-hydrogen) atoms. The van der Waals surface area contributed by atoms with Gasteiger partial charge in [-0.25, -0.2) is 4.79 Å². The number of carbonyl (C=O) groups excluding carboxylic acids is 2. The van der Waals surface area contributed by atoms with Crippen LogP contribution in [0.3, 0.4) is 0 Å². The molecule has 0 radical (unpaired) electrons. The third-order valence-corrected chi connectivity index (χ3v) is 7.17. The Morgan fingerprint density at radius 3 is 2.48 bits per heavy atom. The molecule has 2 N–H and O–H groups in total. The molecule has 1 aliphatic carbocycles. The maximum absolute atomic E-state index is 13.6. The summed E-state index contributed by atoms with van der Waals surface area (Å²) in [6, 6.07) is 11.4. The van der Waals surface area contributed by atoms with Gasteiger partial charge < -0.3 is 19.1 Å². The molecule has 0 atom stereocenters. The number of esters is 1. The molecule has 9 heteroatoms. The van der Waals surface area contributed by atoms with Gasteiger partial charge in [0.05, 0.1) is 16.1 Å². The first-order valence-corrected chi connectivity index (χ1v) is 12.1. The first-order valence-electron chi connectivity index (χ1n) is 11.2. The highest BCUT2D eigenvalue weighted by Gasteiger charge is 2.32. The van der Waals surface area contributed by atoms with Crippen LogP contribution >= 0.6 is 11.3 Å². The van der Waals surface area contributed by atoms with Crippen LogP contribution in [0.25, 0.3) is 10.9 Å². The van der Waals surface area contributed by atoms with Crippen LogP contribution in [0.4, 0.5) is 5.69 Å². The van der Waals surface area contributed by atoms with Gasteiger partial charge >= 0.3 is 5.97 Å². The number of anilines is 1. The van der Waals surface area contributed by atoms with E-state index >= 15 is 0 Å². The molecular weight excluding hydrogens is 440 g/mol. The fourth-order valence-corrected chi connectivity index (χ4v) is 5.17. The molecule has 172 valence electrons. The maximum atomic E-state index is 13.6. The first-order chi connectivity index (χ1) is 16.1. The van der Waals surface area contributed by atoms with Crippen molar-refractivity contribution in [1.29, 1.82) is 0 Å². The quantitative estimate of drug-likeness (QED) is 0.443. The van der Waals surface area contributed by atoms with Crippen LogP contribution in [0.15, 0.2) is 46.6 Å². The van der Waals surface area contributed by atoms with Crippen LogP contribution in [0.1, 0.15) is 32.9 Å². The second-order valence-corrected chi connectivity index (χ2v) is 9.40. The molecule has 1 amide bonds. The lowest BCUT2D eigenvalue weighted by Gasteiger charge is -2.37. The summed E-state index contributed by atoms with van der Waals surface area (Å²) in [5, 5.41) is 2.72. The number of nitrogens with zero attached hydrogens (tertiary/aromatic N) is 3. The Morgan fingerprint density at radius 1 is 1.06 bits per heavy atom. The lowest BCUT2D eigenvalue weighted by Crippen LogP contribution is -2.49. The Morgan fingerprint density at radius 2 is 1.82 bits per heavy atom. The van der Waals surface area contributed by atoms with Gasteiger partial charge in [-0.15, -0.1) is 11.3 Å². The van der Waals surface area contributed by atoms with Crippen molar-refractivity contribution in [2.75, 3.05) is 37.8 Å². The van der Waals surface area contributed by atoms with E-state index in [1.54, 1.807) is 4.57 Å². The molecular formula is C24H26N4O4S. The molecule has 2 aliphatic rings. The number of pyridine rings is 1. The van der Waals surface area contributed by atoms with Crippen LogP contribution < -0.4 is 16.2 Å². The average molecular weight is 467 g/mol. The maximum Gasteiger partial charge on any atom is 0.347 e. The van der Waals surface area contributed by atoms with Crippen molar-refractivity contribution in [2.45, 2.75) is 19.4 Å². The van der Waals surface area contributed by atoms with E-state index in [2.05, 4.69) is 0 Å². The number of rotatable bonds is 6. The van der Waals surface area contributed by atoms with Gasteiger partial charge in [0.15, 0.2) is 0 Å². The second kappa shape index (κ2) is 8.99. The van der Waals surface area contributed by atoms with Gasteiger partial charge in [0.2, 0.25) is 0 Å². The van der Waals surface area contributed by atoms with Crippen molar-refractivity contribution >= 4 is 39.8 Å². The zero-order valence-electron chi connectivity index (χ0n) is 18.2. The lowest BCUT2D eigenvalue weighted by molar-refractivity contribution is 0.0512. The van der Waals surface area contributed by atoms with Crippen molar-refractivity contribution in [3.63, 3.8) is 0 Å². The number of hydrogen-bond acceptors (Lipinski definition) is 7. The van der Waals surface area contributed by atoms with Crippen molar-refractivity contribution in [3.05, 3.63) is 62.6 Å². The summed E-state index contributed by atoms with van der Waals surface area (Å²) in [5.41, 5.74) is 6.54. The SMILES string of the molecule is NCOC(=O)c1c(N2CCN(C(=O)c3cccs3)CC2)c2ccccc2n(CC2CC2)c1=O. The Labute approximate surface area is 195 Å². The highest BCUT2D eigenvalue weighted by atomic mass is 32.1. The molecule has 1 saturated carbocycles. The minimum Gasteiger partial charge on any atom is -0.446 e. The molecule has 2 fully saturated rings. The van der Waals surface area contributed by atoms with Gasteiger partial charge in [-0.05, 0) is 36.3 Å². The highest BCUT2D eigenvalue weighted by Crippen LogP contribution is 2.34. The third-order valence-electron chi connectivity index (χ3n) is 6.32. The standard InChI is InChI=1S/C24H26N4O4S/c25-15-32-24(31)20-21(26-9-11-27(12-10-26)22(29)19-6-3-13-33-19)17-4-1-2-5-18(17)28(23(20)30)14-16-7-8-16/h1-6,13,16H,7-12,14-15,25H2. The van der Waals surface area contributed by atoms with E-state index in [0.717, 1.165) is 23.7 Å². The predicted octanol–water partition coefficient (Wildman–Crippen LogP) is 2.51. The van der Waals surface area contributed by atoms with Crippen molar-refractivity contribution in [3.8, 4) is 0 Å². The van der Waals surface area contributed by atoms with E-state index in [4.69, 9.17) is 10.5 Å². The predicted molar refractivity (Wildman–Crippen MR) is 128 cm³/mol. The summed E-state index contributed by atoms with van der Waals surface area (Å²) in [7, 11) is 0. The summed E-state index contributed by atoms with van der Waals surface area (Å²) in [6.45, 7) is 2.32. The fourth-order valence-electron chi connectivity index (χ4n) is 4.48. The van der Waals surface area contributed by atoms with E-state index in [1.807, 2.05) is 51.6 Å². The molecule has 8 nitrogen and oxygen atoms in total. The molecule has 0 unspecified atom stereocenters. The Bertz CT molecular complexity index is 1240. The summed E-state index contributed by atoms with van der Waals surface area (Å²) in [5.74, 6) is -0.232. The second-order valence-electron chi connectivity index (χ2n) is 8.45. The number of carbonyl (C=O) groups is 2. The van der Waals surface area contributed by atoms with Gasteiger partial charge in [-0.2, -0.15) is 0 Å². The molecule has 1 saturated heterocycles. The van der Waals surface area contributed by atoms with E-state index < -0.39 is 5.97 Å². The van der Waals surface area contributed by atoms with Crippen LogP contribution in [-0.4, -0.2) is 54.3 Å². The van der Waals surface area contributed by atoms with E-state index in [1.165, 1.54) is 11.3 Å². The number of fused-ring (bicyclic) bond motifs is 1. The Balaban J connectivity index is 1.54. The van der Waals surface area contributed by atoms with Crippen LogP contribution in [0, 0.1) is 5.92 Å². The van der Waals surface area contributed by atoms with Gasteiger partial charge in [0.25, 0.3) is 11.5 Å². The van der Waals surface area contributed by atoms with Gasteiger partial charge in [0.1, 0.15) is 12.3 Å². The van der Waals surface area contributed by atoms with Crippen molar-refractivity contribution in [1.82, 2.24) is 9.47 Å². The number of nitrogens with two attached hydrogens (primary N) is 1. The fraction of sp³-hybridized carbons (Fsp3) is 0.375. The third kappa shape index (κ3) is 4.14. The molecule has 0 spiro atoms. The number of hydrogen-bond donors (Lipinski definition) is 1. The minimum absolute atomic E-state index is 0.0112. The molecule has 1 aromatic carbocycles. The average Bonchev–Trinajstić information content (AvgIpc) is 3.49. The molecule has 1 aliphatic heterocycles. The number of piperazine rings is 1. The van der Waals surface area contributed by atoms with Crippen molar-refractivity contribution < 1.29 is 14.3 Å². The van der Waals surface area contributed by atoms with Gasteiger partial charge in [-0.1, -0.05) is 24.3 Å². The zero-order valence-corrected chi connectivity index (χ0v) is 19.1. The van der Waals surface area contributed by atoms with Gasteiger partial charge in [0, 0.05) is 38.1 Å². The van der Waals surface area contributed by atoms with Crippen molar-refractivity contribution in [2.24, 2.45) is 11.7 Å². The highest BCUT2D eigenvalue weighted by molar-refractivity contribution is 7.12. The van der Waals surface area contributed by atoms with E-state index in [-0.39, 0.29) is 23.8 Å². The molecule has 3 heterocycles. The largest absolute Gasteiger partial charge is 0.446 e. The van der Waals surface area contributed by atoms with Crippen LogP contribution in [0.5, 0.6) is 0 Å². The molecule has 3 aromatic rings. The minimum atomic E-state index is -0.704. The lowest BCUT2D eigenvalue weighted by atomic mass is 10.1. The zero-order chi connectivity index (χ0) is 22.9. The number of benzene rings is 1. The van der Waals surface area contributed by atoms with E-state index in [9.17, 15) is 14.4 Å². The number of amides is 1. The van der Waals surface area contributed by atoms with E-state index in [0.29, 0.717) is 49.2 Å². The van der Waals surface area contributed by atoms with Crippen LogP contribution in [0.2, 0.25) is 0 Å². The Hall–Kier alpha value is -3.17. The number of aromatic nitrogens is 1. The number of para-hydroxylation sites is 1. The summed E-state index contributed by atoms with van der Waals surface area (Å²) in [4.78, 5) is 43.8. The molecule has 2 aromatic heterocycles. The number of thiophene rings is 1. The van der Waals surface area contributed by atoms with Crippen LogP contribution in [-0.2, 0) is 11.3 Å².